The first kappa shape index (κ1) is 9.55. The number of hydrogen-bond acceptors (Lipinski definition) is 1. The van der Waals surface area contributed by atoms with Crippen molar-refractivity contribution in [2.75, 3.05) is 0 Å². The van der Waals surface area contributed by atoms with Crippen molar-refractivity contribution in [2.45, 2.75) is 31.9 Å². The highest BCUT2D eigenvalue weighted by atomic mass is 19.4. The Morgan fingerprint density at radius 3 is 2.42 bits per heavy atom. The van der Waals surface area contributed by atoms with Gasteiger partial charge in [0.15, 0.2) is 0 Å². The molecule has 0 spiro atoms. The van der Waals surface area contributed by atoms with Gasteiger partial charge in [0.05, 0.1) is 5.92 Å². The van der Waals surface area contributed by atoms with Gasteiger partial charge in [0.25, 0.3) is 0 Å². The van der Waals surface area contributed by atoms with E-state index in [0.29, 0.717) is 19.1 Å². The molecule has 0 radical (unpaired) electrons. The molecule has 1 aliphatic rings. The summed E-state index contributed by atoms with van der Waals surface area (Å²) in [5.74, 6) is -1.62. The van der Waals surface area contributed by atoms with Crippen LogP contribution in [0.3, 0.4) is 0 Å². The molecule has 0 amide bonds. The smallest absolute Gasteiger partial charge is 0.303 e. The van der Waals surface area contributed by atoms with Crippen LogP contribution in [0.15, 0.2) is 0 Å². The van der Waals surface area contributed by atoms with Crippen LogP contribution in [0.4, 0.5) is 13.2 Å². The lowest BCUT2D eigenvalue weighted by molar-refractivity contribution is -0.185. The Kier molecular flexibility index (Phi) is 2.75. The van der Waals surface area contributed by atoms with Crippen molar-refractivity contribution < 1.29 is 18.0 Å². The third-order valence-corrected chi connectivity index (χ3v) is 2.37. The number of aldehydes is 1. The minimum atomic E-state index is -4.11. The number of hydrogen-bond donors (Lipinski definition) is 0. The quantitative estimate of drug-likeness (QED) is 0.567. The van der Waals surface area contributed by atoms with Crippen molar-refractivity contribution >= 4 is 6.29 Å². The zero-order chi connectivity index (χ0) is 9.19. The largest absolute Gasteiger partial charge is 0.391 e. The topological polar surface area (TPSA) is 17.1 Å². The van der Waals surface area contributed by atoms with E-state index < -0.39 is 12.1 Å². The predicted octanol–water partition coefficient (Wildman–Crippen LogP) is 2.55. The van der Waals surface area contributed by atoms with E-state index in [2.05, 4.69) is 0 Å². The molecule has 0 aromatic heterocycles. The lowest BCUT2D eigenvalue weighted by atomic mass is 9.82. The highest BCUT2D eigenvalue weighted by molar-refractivity contribution is 5.53. The fourth-order valence-corrected chi connectivity index (χ4v) is 1.65. The Morgan fingerprint density at radius 1 is 1.25 bits per heavy atom. The van der Waals surface area contributed by atoms with Gasteiger partial charge >= 0.3 is 6.18 Å². The maximum atomic E-state index is 12.1. The van der Waals surface area contributed by atoms with Crippen LogP contribution in [-0.2, 0) is 4.79 Å². The summed E-state index contributed by atoms with van der Waals surface area (Å²) >= 11 is 0. The van der Waals surface area contributed by atoms with Crippen molar-refractivity contribution in [1.29, 1.82) is 0 Å². The SMILES string of the molecule is O=CC1CCCC(C(F)(F)F)C1. The molecule has 0 aromatic rings. The number of carbonyl (C=O) groups is 1. The fourth-order valence-electron chi connectivity index (χ4n) is 1.65. The molecule has 12 heavy (non-hydrogen) atoms. The molecule has 2 unspecified atom stereocenters. The highest BCUT2D eigenvalue weighted by Crippen LogP contribution is 2.39. The molecule has 0 saturated heterocycles. The van der Waals surface area contributed by atoms with Crippen LogP contribution in [0.5, 0.6) is 0 Å². The number of halogens is 3. The standard InChI is InChI=1S/C8H11F3O/c9-8(10,11)7-3-1-2-6(4-7)5-12/h5-7H,1-4H2. The lowest BCUT2D eigenvalue weighted by Gasteiger charge is -2.27. The van der Waals surface area contributed by atoms with E-state index in [1.807, 2.05) is 0 Å². The molecule has 1 rings (SSSR count). The maximum absolute atomic E-state index is 12.1. The molecule has 2 atom stereocenters. The fraction of sp³-hybridized carbons (Fsp3) is 0.875. The molecular formula is C8H11F3O. The first-order valence-corrected chi connectivity index (χ1v) is 4.06. The second-order valence-corrected chi connectivity index (χ2v) is 3.30. The molecule has 0 N–H and O–H groups in total. The Morgan fingerprint density at radius 2 is 1.92 bits per heavy atom. The Bertz CT molecular complexity index is 164. The number of rotatable bonds is 1. The van der Waals surface area contributed by atoms with Gasteiger partial charge in [0.2, 0.25) is 0 Å². The van der Waals surface area contributed by atoms with Crippen LogP contribution in [-0.4, -0.2) is 12.5 Å². The number of carbonyl (C=O) groups excluding carboxylic acids is 1. The van der Waals surface area contributed by atoms with Crippen LogP contribution in [0.2, 0.25) is 0 Å². The first-order chi connectivity index (χ1) is 5.54. The van der Waals surface area contributed by atoms with E-state index in [4.69, 9.17) is 0 Å². The van der Waals surface area contributed by atoms with E-state index >= 15 is 0 Å². The summed E-state index contributed by atoms with van der Waals surface area (Å²) in [6, 6.07) is 0. The molecule has 1 nitrogen and oxygen atoms in total. The summed E-state index contributed by atoms with van der Waals surface area (Å²) in [4.78, 5) is 10.3. The van der Waals surface area contributed by atoms with Crippen molar-refractivity contribution in [1.82, 2.24) is 0 Å². The Labute approximate surface area is 68.9 Å². The molecular weight excluding hydrogens is 169 g/mol. The minimum Gasteiger partial charge on any atom is -0.303 e. The molecule has 0 bridgehead atoms. The Hall–Kier alpha value is -0.540. The van der Waals surface area contributed by atoms with Gasteiger partial charge in [-0.05, 0) is 19.3 Å². The van der Waals surface area contributed by atoms with Gasteiger partial charge in [-0.15, -0.1) is 0 Å². The van der Waals surface area contributed by atoms with Gasteiger partial charge in [-0.3, -0.25) is 0 Å². The minimum absolute atomic E-state index is 0.00694. The van der Waals surface area contributed by atoms with E-state index in [1.165, 1.54) is 0 Å². The van der Waals surface area contributed by atoms with Crippen molar-refractivity contribution in [3.63, 3.8) is 0 Å². The molecule has 0 aliphatic heterocycles. The monoisotopic (exact) mass is 180 g/mol. The first-order valence-electron chi connectivity index (χ1n) is 4.06. The molecule has 1 aliphatic carbocycles. The third kappa shape index (κ3) is 2.22. The van der Waals surface area contributed by atoms with E-state index in [1.54, 1.807) is 0 Å². The average molecular weight is 180 g/mol. The van der Waals surface area contributed by atoms with Crippen molar-refractivity contribution in [2.24, 2.45) is 11.8 Å². The van der Waals surface area contributed by atoms with Crippen molar-refractivity contribution in [3.8, 4) is 0 Å². The number of alkyl halides is 3. The summed E-state index contributed by atoms with van der Waals surface area (Å²) in [5.41, 5.74) is 0. The van der Waals surface area contributed by atoms with Gasteiger partial charge in [-0.2, -0.15) is 13.2 Å². The summed E-state index contributed by atoms with van der Waals surface area (Å²) in [7, 11) is 0. The maximum Gasteiger partial charge on any atom is 0.391 e. The lowest BCUT2D eigenvalue weighted by Crippen LogP contribution is -2.29. The van der Waals surface area contributed by atoms with Crippen LogP contribution < -0.4 is 0 Å². The zero-order valence-corrected chi connectivity index (χ0v) is 6.60. The zero-order valence-electron chi connectivity index (χ0n) is 6.60. The molecule has 1 saturated carbocycles. The van der Waals surface area contributed by atoms with Crippen LogP contribution in [0.1, 0.15) is 25.7 Å². The van der Waals surface area contributed by atoms with E-state index in [-0.39, 0.29) is 18.8 Å². The Balaban J connectivity index is 2.51. The summed E-state index contributed by atoms with van der Waals surface area (Å²) in [5, 5.41) is 0. The van der Waals surface area contributed by atoms with Crippen LogP contribution >= 0.6 is 0 Å². The van der Waals surface area contributed by atoms with E-state index in [0.717, 1.165) is 0 Å². The van der Waals surface area contributed by atoms with Gasteiger partial charge in [0.1, 0.15) is 6.29 Å². The molecule has 0 heterocycles. The molecule has 1 fully saturated rings. The average Bonchev–Trinajstić information content (AvgIpc) is 2.03. The second-order valence-electron chi connectivity index (χ2n) is 3.30. The summed E-state index contributed by atoms with van der Waals surface area (Å²) < 4.78 is 36.4. The van der Waals surface area contributed by atoms with Crippen LogP contribution in [0.25, 0.3) is 0 Å². The third-order valence-electron chi connectivity index (χ3n) is 2.37. The van der Waals surface area contributed by atoms with Gasteiger partial charge in [-0.25, -0.2) is 0 Å². The van der Waals surface area contributed by atoms with Crippen LogP contribution in [0, 0.1) is 11.8 Å². The summed E-state index contributed by atoms with van der Waals surface area (Å²) in [6.45, 7) is 0. The predicted molar refractivity (Wildman–Crippen MR) is 37.6 cm³/mol. The van der Waals surface area contributed by atoms with Crippen molar-refractivity contribution in [3.05, 3.63) is 0 Å². The van der Waals surface area contributed by atoms with Gasteiger partial charge in [0, 0.05) is 5.92 Å². The second kappa shape index (κ2) is 3.46. The summed E-state index contributed by atoms with van der Waals surface area (Å²) in [6.07, 6.45) is -2.13. The molecule has 70 valence electrons. The molecule has 0 aromatic carbocycles. The highest BCUT2D eigenvalue weighted by Gasteiger charge is 2.41. The molecule has 4 heteroatoms. The van der Waals surface area contributed by atoms with E-state index in [9.17, 15) is 18.0 Å². The normalized spacial score (nSPS) is 31.6. The van der Waals surface area contributed by atoms with Gasteiger partial charge < -0.3 is 4.79 Å². The van der Waals surface area contributed by atoms with Gasteiger partial charge in [-0.1, -0.05) is 6.42 Å².